The second-order valence-electron chi connectivity index (χ2n) is 20.5. The van der Waals surface area contributed by atoms with Gasteiger partial charge in [0.2, 0.25) is 0 Å². The number of amides is 2. The first-order chi connectivity index (χ1) is 34.3. The third kappa shape index (κ3) is 13.4. The number of hydrogen-bond acceptors (Lipinski definition) is 9. The zero-order valence-corrected chi connectivity index (χ0v) is 46.9. The summed E-state index contributed by atoms with van der Waals surface area (Å²) in [6.07, 6.45) is 20.3. The highest BCUT2D eigenvalue weighted by Gasteiger charge is 2.49. The number of ether oxygens (including phenoxy) is 2. The monoisotopic (exact) mass is 999 g/mol. The summed E-state index contributed by atoms with van der Waals surface area (Å²) in [5, 5.41) is 5.84. The van der Waals surface area contributed by atoms with E-state index in [1.165, 1.54) is 40.7 Å². The number of terminal acetylenes is 1. The number of methoxy groups -OCH3 is 1. The molecule has 4 aliphatic heterocycles. The third-order valence-corrected chi connectivity index (χ3v) is 14.6. The average Bonchev–Trinajstić information content (AvgIpc) is 4.11. The first kappa shape index (κ1) is 57.4. The van der Waals surface area contributed by atoms with Crippen LogP contribution in [0.3, 0.4) is 0 Å². The Morgan fingerprint density at radius 2 is 1.82 bits per heavy atom. The van der Waals surface area contributed by atoms with Gasteiger partial charge in [-0.25, -0.2) is 4.79 Å². The zero-order valence-electron chi connectivity index (χ0n) is 46.0. The Morgan fingerprint density at radius 1 is 1.11 bits per heavy atom. The molecule has 3 fully saturated rings. The minimum absolute atomic E-state index is 0.00701. The molecule has 0 saturated carbocycles. The largest absolute Gasteiger partial charge is 0.375 e. The minimum Gasteiger partial charge on any atom is -0.375 e. The van der Waals surface area contributed by atoms with Crippen molar-refractivity contribution in [2.75, 3.05) is 53.5 Å². The fraction of sp³-hybridized carbons (Fsp3) is 0.517. The van der Waals surface area contributed by atoms with Crippen molar-refractivity contribution in [1.29, 1.82) is 0 Å². The number of aliphatic imine (C=N–C) groups is 1. The van der Waals surface area contributed by atoms with Crippen molar-refractivity contribution in [3.63, 3.8) is 0 Å². The number of carbonyl (C=O) groups excluding carboxylic acids is 1. The maximum absolute atomic E-state index is 12.9. The van der Waals surface area contributed by atoms with E-state index in [9.17, 15) is 4.79 Å². The summed E-state index contributed by atoms with van der Waals surface area (Å²) in [7, 11) is 3.57. The molecule has 2 atom stereocenters. The molecule has 0 aliphatic carbocycles. The topological polar surface area (TPSA) is 81.7 Å². The number of aromatic nitrogens is 2. The first-order valence-corrected chi connectivity index (χ1v) is 26.6. The quantitative estimate of drug-likeness (QED) is 0.0554. The fourth-order valence-corrected chi connectivity index (χ4v) is 10.8. The first-order valence-electron chi connectivity index (χ1n) is 26.1. The Balaban J connectivity index is 0.000000311. The van der Waals surface area contributed by atoms with E-state index in [4.69, 9.17) is 25.9 Å². The highest BCUT2D eigenvalue weighted by atomic mass is 32.1. The summed E-state index contributed by atoms with van der Waals surface area (Å²) >= 11 is 4.38. The van der Waals surface area contributed by atoms with Crippen molar-refractivity contribution in [2.24, 2.45) is 16.3 Å². The van der Waals surface area contributed by atoms with Crippen molar-refractivity contribution in [2.45, 2.75) is 138 Å². The van der Waals surface area contributed by atoms with E-state index in [0.29, 0.717) is 24.6 Å². The van der Waals surface area contributed by atoms with Crippen molar-refractivity contribution < 1.29 is 14.3 Å². The molecular weight excluding hydrogens is 913 g/mol. The number of rotatable bonds is 19. The third-order valence-electron chi connectivity index (χ3n) is 14.3. The van der Waals surface area contributed by atoms with Gasteiger partial charge in [0, 0.05) is 91.7 Å². The molecule has 1 spiro atoms. The summed E-state index contributed by atoms with van der Waals surface area (Å²) in [6.45, 7) is 42.5. The lowest BCUT2D eigenvalue weighted by atomic mass is 9.80. The van der Waals surface area contributed by atoms with Gasteiger partial charge in [0.25, 0.3) is 0 Å². The Labute approximate surface area is 439 Å². The van der Waals surface area contributed by atoms with Gasteiger partial charge >= 0.3 is 6.03 Å². The van der Waals surface area contributed by atoms with E-state index in [1.807, 2.05) is 38.1 Å². The number of pyridine rings is 1. The van der Waals surface area contributed by atoms with Gasteiger partial charge < -0.3 is 28.7 Å². The molecule has 3 saturated heterocycles. The molecule has 0 radical (unpaired) electrons. The highest BCUT2D eigenvalue weighted by Crippen LogP contribution is 2.43. The number of aryl methyl sites for hydroxylation is 1. The molecule has 3 aromatic rings. The number of morpholine rings is 1. The van der Waals surface area contributed by atoms with Gasteiger partial charge in [0.15, 0.2) is 0 Å². The number of likely N-dealkylation sites (N-methyl/N-ethyl adjacent to an activating group) is 1. The lowest BCUT2D eigenvalue weighted by molar-refractivity contribution is -0.167. The number of thiol groups is 1. The van der Waals surface area contributed by atoms with E-state index in [0.717, 1.165) is 97.9 Å². The van der Waals surface area contributed by atoms with Crippen molar-refractivity contribution >= 4 is 41.0 Å². The summed E-state index contributed by atoms with van der Waals surface area (Å²) in [6, 6.07) is 11.0. The number of hydrogen-bond donors (Lipinski definition) is 1. The molecule has 12 heteroatoms. The fourth-order valence-electron chi connectivity index (χ4n) is 10.4. The van der Waals surface area contributed by atoms with Gasteiger partial charge in [-0.15, -0.1) is 25.0 Å². The molecule has 6 heterocycles. The summed E-state index contributed by atoms with van der Waals surface area (Å²) in [4.78, 5) is 29.3. The highest BCUT2D eigenvalue weighted by molar-refractivity contribution is 7.84. The van der Waals surface area contributed by atoms with Crippen LogP contribution in [0.1, 0.15) is 131 Å². The van der Waals surface area contributed by atoms with Crippen LogP contribution < -0.4 is 0 Å². The van der Waals surface area contributed by atoms with Crippen LogP contribution >= 0.6 is 12.6 Å². The second-order valence-corrected chi connectivity index (χ2v) is 21.1. The van der Waals surface area contributed by atoms with Crippen LogP contribution in [0.15, 0.2) is 108 Å². The van der Waals surface area contributed by atoms with E-state index >= 15 is 0 Å². The maximum Gasteiger partial charge on any atom is 0.320 e. The smallest absolute Gasteiger partial charge is 0.320 e. The molecule has 2 unspecified atom stereocenters. The predicted molar refractivity (Wildman–Crippen MR) is 305 cm³/mol. The van der Waals surface area contributed by atoms with Crippen molar-refractivity contribution in [3.05, 3.63) is 120 Å². The molecule has 11 nitrogen and oxygen atoms in total. The van der Waals surface area contributed by atoms with E-state index in [1.54, 1.807) is 18.1 Å². The minimum atomic E-state index is -0.286. The molecule has 4 aliphatic rings. The molecule has 0 bridgehead atoms. The van der Waals surface area contributed by atoms with Crippen molar-refractivity contribution in [3.8, 4) is 23.6 Å². The molecule has 2 amide bonds. The van der Waals surface area contributed by atoms with E-state index in [2.05, 4.69) is 156 Å². The number of likely N-dealkylation sites (tertiary alicyclic amines) is 1. The Morgan fingerprint density at radius 3 is 2.44 bits per heavy atom. The van der Waals surface area contributed by atoms with Crippen LogP contribution in [0.5, 0.6) is 0 Å². The zero-order chi connectivity index (χ0) is 53.1. The molecule has 0 N–H and O–H groups in total. The SMILES string of the molecule is C#CCCC(C)(C)Cc1c(-c2cccnc2C(C)OC)n(CC)c2ccc(/C(=C/C)N=C(C)CCC(=C)N3CCCC4=CN43)cc12.C=CC(=C)N1CC2(C1)CN(C(=O)N(C)C(C(=C)S)C(C)C)CCO2.CC. The molecule has 72 heavy (non-hydrogen) atoms. The van der Waals surface area contributed by atoms with Crippen LogP contribution in [0, 0.1) is 23.7 Å². The van der Waals surface area contributed by atoms with Crippen molar-refractivity contribution in [1.82, 2.24) is 34.3 Å². The molecule has 2 aromatic heterocycles. The van der Waals surface area contributed by atoms with Crippen LogP contribution in [-0.4, -0.2) is 111 Å². The van der Waals surface area contributed by atoms with Crippen LogP contribution in [-0.2, 0) is 22.4 Å². The standard InChI is InChI=1S/C40H51N5O.C18H29N3O2S.C2H6/c1-10-13-22-40(7,8)26-35-34-25-31(36(11-2)42-28(4)18-19-29(5)44-24-15-16-32-27-45(32)44)20-21-37(34)43(12-3)39(35)33-17-14-23-41-38(33)30(6)46-9;1-7-14(4)21-11-18(12-21)10-20(8-9-23-18)17(22)19(6)16(13(2)3)15(5)24;1-2/h1,11,14,17,20-21,23,25,27,30H,5,12-13,15-16,18-19,22,24,26H2,2-4,6-9H3;7,13,16,24H,1,4-5,8-12H2,2-3,6H3;1-2H3/b36-11-,42-28?;;. The summed E-state index contributed by atoms with van der Waals surface area (Å²) in [5.41, 5.74) is 12.3. The summed E-state index contributed by atoms with van der Waals surface area (Å²) in [5.74, 6) is 3.12. The summed E-state index contributed by atoms with van der Waals surface area (Å²) < 4.78 is 14.2. The number of urea groups is 1. The number of hydrazine groups is 1. The Bertz CT molecular complexity index is 2570. The van der Waals surface area contributed by atoms with Gasteiger partial charge in [-0.05, 0) is 118 Å². The lowest BCUT2D eigenvalue weighted by Crippen LogP contribution is -2.70. The van der Waals surface area contributed by atoms with Gasteiger partial charge in [-0.3, -0.25) is 20.0 Å². The average molecular weight is 999 g/mol. The van der Waals surface area contributed by atoms with Gasteiger partial charge in [0.05, 0.1) is 61.2 Å². The van der Waals surface area contributed by atoms with Gasteiger partial charge in [-0.2, -0.15) is 0 Å². The molecule has 7 rings (SSSR count). The molecule has 390 valence electrons. The van der Waals surface area contributed by atoms with Gasteiger partial charge in [0.1, 0.15) is 5.60 Å². The van der Waals surface area contributed by atoms with Gasteiger partial charge in [-0.1, -0.05) is 80.0 Å². The van der Waals surface area contributed by atoms with Crippen LogP contribution in [0.2, 0.25) is 0 Å². The Hall–Kier alpha value is -5.48. The normalized spacial score (nSPS) is 17.1. The molecule has 1 aromatic carbocycles. The number of fused-ring (bicyclic) bond motifs is 2. The molecular formula is C60H86N8O3S. The predicted octanol–water partition coefficient (Wildman–Crippen LogP) is 13.3. The number of carbonyl (C=O) groups is 1. The Kier molecular flexibility index (Phi) is 20.3. The second kappa shape index (κ2) is 25.5. The maximum atomic E-state index is 12.9. The number of nitrogens with zero attached hydrogens (tertiary/aromatic N) is 8. The van der Waals surface area contributed by atoms with E-state index in [-0.39, 0.29) is 35.1 Å². The van der Waals surface area contributed by atoms with Crippen LogP contribution in [0.4, 0.5) is 4.79 Å². The lowest BCUT2D eigenvalue weighted by Gasteiger charge is -2.55. The van der Waals surface area contributed by atoms with E-state index < -0.39 is 0 Å². The van der Waals surface area contributed by atoms with Crippen LogP contribution in [0.25, 0.3) is 27.9 Å². The number of allylic oxidation sites excluding steroid dienone is 4. The number of benzene rings is 1.